The van der Waals surface area contributed by atoms with Crippen molar-refractivity contribution in [3.8, 4) is 0 Å². The monoisotopic (exact) mass is 237 g/mol. The van der Waals surface area contributed by atoms with Crippen LogP contribution in [0, 0.1) is 0 Å². The van der Waals surface area contributed by atoms with Gasteiger partial charge in [0.25, 0.3) is 5.91 Å². The summed E-state index contributed by atoms with van der Waals surface area (Å²) in [6.45, 7) is 0.162. The average molecular weight is 237 g/mol. The van der Waals surface area contributed by atoms with Crippen LogP contribution in [0.25, 0.3) is 0 Å². The molecule has 1 amide bonds. The van der Waals surface area contributed by atoms with Crippen LogP contribution in [0.1, 0.15) is 12.0 Å². The van der Waals surface area contributed by atoms with Crippen LogP contribution in [0.15, 0.2) is 30.3 Å². The number of carbonyl (C=O) groups excluding carboxylic acids is 1. The molecule has 1 atom stereocenters. The topological polar surface area (TPSA) is 60.8 Å². The van der Waals surface area contributed by atoms with Crippen LogP contribution in [-0.4, -0.2) is 47.3 Å². The van der Waals surface area contributed by atoms with Gasteiger partial charge in [-0.25, -0.2) is 0 Å². The lowest BCUT2D eigenvalue weighted by Crippen LogP contribution is -2.38. The quantitative estimate of drug-likeness (QED) is 0.754. The number of aliphatic hydroxyl groups excluding tert-OH is 2. The Hall–Kier alpha value is -1.39. The number of aryl methyl sites for hydroxylation is 1. The van der Waals surface area contributed by atoms with E-state index in [1.165, 1.54) is 4.90 Å². The molecule has 0 heterocycles. The molecule has 0 bridgehead atoms. The summed E-state index contributed by atoms with van der Waals surface area (Å²) in [4.78, 5) is 13.0. The molecule has 0 radical (unpaired) electrons. The van der Waals surface area contributed by atoms with Gasteiger partial charge in [0.05, 0.1) is 6.61 Å². The molecule has 1 aromatic carbocycles. The molecule has 1 rings (SSSR count). The summed E-state index contributed by atoms with van der Waals surface area (Å²) in [6.07, 6.45) is 0.0750. The lowest BCUT2D eigenvalue weighted by Gasteiger charge is -2.19. The predicted molar refractivity (Wildman–Crippen MR) is 65.5 cm³/mol. The SMILES string of the molecule is CN(CCO)C(=O)[C@@H](O)CCc1ccccc1. The molecule has 1 aromatic rings. The maximum atomic E-state index is 11.6. The predicted octanol–water partition coefficient (Wildman–Crippen LogP) is 0.431. The number of nitrogens with zero attached hydrogens (tertiary/aromatic N) is 1. The summed E-state index contributed by atoms with van der Waals surface area (Å²) in [5.41, 5.74) is 1.10. The lowest BCUT2D eigenvalue weighted by atomic mass is 10.1. The first-order valence-corrected chi connectivity index (χ1v) is 5.73. The maximum Gasteiger partial charge on any atom is 0.251 e. The molecular weight excluding hydrogens is 218 g/mol. The van der Waals surface area contributed by atoms with E-state index in [4.69, 9.17) is 5.11 Å². The maximum absolute atomic E-state index is 11.6. The molecule has 4 heteroatoms. The smallest absolute Gasteiger partial charge is 0.251 e. The normalized spacial score (nSPS) is 12.2. The van der Waals surface area contributed by atoms with Crippen molar-refractivity contribution in [1.82, 2.24) is 4.90 Å². The Bertz CT molecular complexity index is 340. The van der Waals surface area contributed by atoms with E-state index in [1.807, 2.05) is 30.3 Å². The van der Waals surface area contributed by atoms with E-state index in [-0.39, 0.29) is 19.1 Å². The first-order valence-electron chi connectivity index (χ1n) is 5.73. The fraction of sp³-hybridized carbons (Fsp3) is 0.462. The average Bonchev–Trinajstić information content (AvgIpc) is 2.36. The van der Waals surface area contributed by atoms with E-state index in [2.05, 4.69) is 0 Å². The number of hydrogen-bond acceptors (Lipinski definition) is 3. The van der Waals surface area contributed by atoms with Gasteiger partial charge >= 0.3 is 0 Å². The van der Waals surface area contributed by atoms with Gasteiger partial charge in [-0.15, -0.1) is 0 Å². The third-order valence-electron chi connectivity index (χ3n) is 2.65. The van der Waals surface area contributed by atoms with E-state index in [9.17, 15) is 9.90 Å². The van der Waals surface area contributed by atoms with E-state index in [0.717, 1.165) is 5.56 Å². The number of aliphatic hydroxyl groups is 2. The number of carbonyl (C=O) groups is 1. The van der Waals surface area contributed by atoms with Crippen molar-refractivity contribution in [2.75, 3.05) is 20.2 Å². The van der Waals surface area contributed by atoms with Crippen LogP contribution in [-0.2, 0) is 11.2 Å². The Labute approximate surface area is 101 Å². The first kappa shape index (κ1) is 13.7. The summed E-state index contributed by atoms with van der Waals surface area (Å²) in [6, 6.07) is 9.73. The zero-order chi connectivity index (χ0) is 12.7. The molecule has 0 spiro atoms. The molecule has 0 aromatic heterocycles. The number of amides is 1. The van der Waals surface area contributed by atoms with Crippen molar-refractivity contribution in [3.63, 3.8) is 0 Å². The van der Waals surface area contributed by atoms with Crippen molar-refractivity contribution in [3.05, 3.63) is 35.9 Å². The molecule has 17 heavy (non-hydrogen) atoms. The van der Waals surface area contributed by atoms with Gasteiger partial charge in [0, 0.05) is 13.6 Å². The van der Waals surface area contributed by atoms with Crippen LogP contribution < -0.4 is 0 Å². The van der Waals surface area contributed by atoms with Crippen LogP contribution in [0.5, 0.6) is 0 Å². The van der Waals surface area contributed by atoms with Gasteiger partial charge < -0.3 is 15.1 Å². The highest BCUT2D eigenvalue weighted by atomic mass is 16.3. The Morgan fingerprint density at radius 2 is 2.00 bits per heavy atom. The molecule has 0 saturated carbocycles. The largest absolute Gasteiger partial charge is 0.395 e. The summed E-state index contributed by atoms with van der Waals surface area (Å²) in [5, 5.41) is 18.4. The van der Waals surface area contributed by atoms with E-state index in [0.29, 0.717) is 12.8 Å². The molecular formula is C13H19NO3. The van der Waals surface area contributed by atoms with Crippen LogP contribution in [0.3, 0.4) is 0 Å². The third-order valence-corrected chi connectivity index (χ3v) is 2.65. The molecule has 94 valence electrons. The molecule has 0 unspecified atom stereocenters. The molecule has 0 saturated heterocycles. The molecule has 0 aliphatic heterocycles. The van der Waals surface area contributed by atoms with Crippen molar-refractivity contribution in [2.24, 2.45) is 0 Å². The molecule has 0 fully saturated rings. The van der Waals surface area contributed by atoms with E-state index in [1.54, 1.807) is 7.05 Å². The summed E-state index contributed by atoms with van der Waals surface area (Å²) < 4.78 is 0. The fourth-order valence-electron chi connectivity index (χ4n) is 1.59. The summed E-state index contributed by atoms with van der Waals surface area (Å²) >= 11 is 0. The van der Waals surface area contributed by atoms with Crippen LogP contribution in [0.4, 0.5) is 0 Å². The zero-order valence-electron chi connectivity index (χ0n) is 10.0. The van der Waals surface area contributed by atoms with Gasteiger partial charge in [-0.3, -0.25) is 4.79 Å². The van der Waals surface area contributed by atoms with Gasteiger partial charge in [0.1, 0.15) is 6.10 Å². The van der Waals surface area contributed by atoms with Crippen LogP contribution >= 0.6 is 0 Å². The number of benzene rings is 1. The fourth-order valence-corrected chi connectivity index (χ4v) is 1.59. The Morgan fingerprint density at radius 1 is 1.35 bits per heavy atom. The summed E-state index contributed by atoms with van der Waals surface area (Å²) in [5.74, 6) is -0.338. The Morgan fingerprint density at radius 3 is 2.59 bits per heavy atom. The van der Waals surface area contributed by atoms with Crippen molar-refractivity contribution >= 4 is 5.91 Å². The molecule has 0 aliphatic carbocycles. The minimum atomic E-state index is -0.994. The Kier molecular flexibility index (Phi) is 5.66. The lowest BCUT2D eigenvalue weighted by molar-refractivity contribution is -0.139. The molecule has 0 aliphatic rings. The number of rotatable bonds is 6. The number of likely N-dealkylation sites (N-methyl/N-ethyl adjacent to an activating group) is 1. The highest BCUT2D eigenvalue weighted by molar-refractivity contribution is 5.80. The van der Waals surface area contributed by atoms with Gasteiger partial charge in [0.15, 0.2) is 0 Å². The summed E-state index contributed by atoms with van der Waals surface area (Å²) in [7, 11) is 1.57. The second-order valence-corrected chi connectivity index (χ2v) is 4.02. The highest BCUT2D eigenvalue weighted by Gasteiger charge is 2.18. The molecule has 4 nitrogen and oxygen atoms in total. The van der Waals surface area contributed by atoms with E-state index < -0.39 is 6.10 Å². The van der Waals surface area contributed by atoms with Crippen molar-refractivity contribution < 1.29 is 15.0 Å². The number of hydrogen-bond donors (Lipinski definition) is 2. The standard InChI is InChI=1S/C13H19NO3/c1-14(9-10-15)13(17)12(16)8-7-11-5-3-2-4-6-11/h2-6,12,15-16H,7-10H2,1H3/t12-/m0/s1. The first-order chi connectivity index (χ1) is 8.15. The second kappa shape index (κ2) is 7.04. The van der Waals surface area contributed by atoms with Crippen molar-refractivity contribution in [1.29, 1.82) is 0 Å². The minimum Gasteiger partial charge on any atom is -0.395 e. The van der Waals surface area contributed by atoms with Crippen LogP contribution in [0.2, 0.25) is 0 Å². The second-order valence-electron chi connectivity index (χ2n) is 4.02. The molecule has 2 N–H and O–H groups in total. The zero-order valence-corrected chi connectivity index (χ0v) is 10.0. The van der Waals surface area contributed by atoms with Crippen molar-refractivity contribution in [2.45, 2.75) is 18.9 Å². The Balaban J connectivity index is 2.39. The minimum absolute atomic E-state index is 0.0896. The van der Waals surface area contributed by atoms with Gasteiger partial charge in [-0.1, -0.05) is 30.3 Å². The third kappa shape index (κ3) is 4.54. The van der Waals surface area contributed by atoms with E-state index >= 15 is 0 Å². The highest BCUT2D eigenvalue weighted by Crippen LogP contribution is 2.06. The van der Waals surface area contributed by atoms with Gasteiger partial charge in [0.2, 0.25) is 0 Å². The van der Waals surface area contributed by atoms with Gasteiger partial charge in [-0.05, 0) is 18.4 Å². The van der Waals surface area contributed by atoms with Gasteiger partial charge in [-0.2, -0.15) is 0 Å².